The van der Waals surface area contributed by atoms with Gasteiger partial charge in [-0.15, -0.1) is 0 Å². The molecule has 0 aliphatic carbocycles. The summed E-state index contributed by atoms with van der Waals surface area (Å²) in [7, 11) is 0. The quantitative estimate of drug-likeness (QED) is 0.722. The number of halogens is 1. The molecular formula is C14H12ClN3O2. The maximum atomic E-state index is 12.2. The van der Waals surface area contributed by atoms with E-state index in [0.29, 0.717) is 21.9 Å². The summed E-state index contributed by atoms with van der Waals surface area (Å²) >= 11 is 6.01. The molecule has 0 spiro atoms. The van der Waals surface area contributed by atoms with Crippen LogP contribution in [0.25, 0.3) is 22.1 Å². The van der Waals surface area contributed by atoms with Gasteiger partial charge in [0.05, 0.1) is 6.04 Å². The number of H-pyrrole nitrogens is 1. The number of aromatic nitrogens is 2. The van der Waals surface area contributed by atoms with E-state index in [4.69, 9.17) is 16.0 Å². The lowest BCUT2D eigenvalue weighted by atomic mass is 10.2. The molecule has 1 atom stereocenters. The molecule has 2 aromatic heterocycles. The first-order chi connectivity index (χ1) is 9.72. The largest absolute Gasteiger partial charge is 0.449 e. The summed E-state index contributed by atoms with van der Waals surface area (Å²) in [5.41, 5.74) is 1.21. The molecule has 102 valence electrons. The second kappa shape index (κ2) is 4.33. The van der Waals surface area contributed by atoms with Crippen molar-refractivity contribution in [2.45, 2.75) is 18.9 Å². The fraction of sp³-hybridized carbons (Fsp3) is 0.286. The number of aromatic amines is 1. The molecule has 3 heterocycles. The maximum Gasteiger partial charge on any atom is 0.294 e. The number of furan rings is 1. The number of hydrogen-bond acceptors (Lipinski definition) is 4. The van der Waals surface area contributed by atoms with Crippen molar-refractivity contribution < 1.29 is 4.42 Å². The van der Waals surface area contributed by atoms with Gasteiger partial charge in [-0.1, -0.05) is 11.6 Å². The van der Waals surface area contributed by atoms with Crippen LogP contribution < -0.4 is 10.9 Å². The molecule has 1 aromatic carbocycles. The Kier molecular flexibility index (Phi) is 2.58. The normalized spacial score (nSPS) is 19.1. The van der Waals surface area contributed by atoms with Crippen molar-refractivity contribution in [2.24, 2.45) is 0 Å². The highest BCUT2D eigenvalue weighted by atomic mass is 35.5. The summed E-state index contributed by atoms with van der Waals surface area (Å²) in [6.07, 6.45) is 2.06. The fourth-order valence-corrected chi connectivity index (χ4v) is 2.90. The molecule has 2 N–H and O–H groups in total. The molecule has 0 bridgehead atoms. The summed E-state index contributed by atoms with van der Waals surface area (Å²) in [5.74, 6) is 0.669. The van der Waals surface area contributed by atoms with Gasteiger partial charge in [-0.25, -0.2) is 4.98 Å². The minimum absolute atomic E-state index is 0.108. The van der Waals surface area contributed by atoms with Gasteiger partial charge >= 0.3 is 0 Å². The van der Waals surface area contributed by atoms with Gasteiger partial charge < -0.3 is 14.7 Å². The first-order valence-corrected chi connectivity index (χ1v) is 6.95. The molecule has 0 unspecified atom stereocenters. The minimum Gasteiger partial charge on any atom is -0.449 e. The van der Waals surface area contributed by atoms with Gasteiger partial charge in [0.25, 0.3) is 5.56 Å². The highest BCUT2D eigenvalue weighted by Crippen LogP contribution is 2.29. The summed E-state index contributed by atoms with van der Waals surface area (Å²) < 4.78 is 5.57. The van der Waals surface area contributed by atoms with Crippen LogP contribution >= 0.6 is 11.6 Å². The molecular weight excluding hydrogens is 278 g/mol. The molecule has 0 amide bonds. The zero-order valence-electron chi connectivity index (χ0n) is 10.6. The van der Waals surface area contributed by atoms with Gasteiger partial charge in [0.1, 0.15) is 16.9 Å². The average Bonchev–Trinajstić information content (AvgIpc) is 3.06. The van der Waals surface area contributed by atoms with Crippen molar-refractivity contribution in [3.8, 4) is 0 Å². The molecule has 20 heavy (non-hydrogen) atoms. The lowest BCUT2D eigenvalue weighted by Crippen LogP contribution is -2.20. The second-order valence-electron chi connectivity index (χ2n) is 5.02. The van der Waals surface area contributed by atoms with E-state index in [1.807, 2.05) is 0 Å². The Bertz CT molecular complexity index is 862. The Balaban J connectivity index is 2.03. The van der Waals surface area contributed by atoms with Crippen molar-refractivity contribution in [3.05, 3.63) is 39.4 Å². The van der Waals surface area contributed by atoms with E-state index in [1.165, 1.54) is 0 Å². The van der Waals surface area contributed by atoms with Gasteiger partial charge in [0.15, 0.2) is 0 Å². The average molecular weight is 290 g/mol. The zero-order valence-corrected chi connectivity index (χ0v) is 11.3. The van der Waals surface area contributed by atoms with Crippen molar-refractivity contribution in [1.82, 2.24) is 15.3 Å². The molecule has 1 fully saturated rings. The number of nitrogens with one attached hydrogen (secondary N) is 2. The highest BCUT2D eigenvalue weighted by molar-refractivity contribution is 6.31. The summed E-state index contributed by atoms with van der Waals surface area (Å²) in [5, 5.41) is 4.70. The molecule has 1 aliphatic rings. The minimum atomic E-state index is -0.244. The molecule has 0 radical (unpaired) electrons. The monoisotopic (exact) mass is 289 g/mol. The lowest BCUT2D eigenvalue weighted by Gasteiger charge is -2.08. The Morgan fingerprint density at radius 2 is 2.30 bits per heavy atom. The van der Waals surface area contributed by atoms with Crippen LogP contribution in [-0.2, 0) is 0 Å². The van der Waals surface area contributed by atoms with Crippen LogP contribution in [0.15, 0.2) is 27.4 Å². The lowest BCUT2D eigenvalue weighted by molar-refractivity contribution is 0.600. The van der Waals surface area contributed by atoms with Crippen LogP contribution in [-0.4, -0.2) is 16.5 Å². The summed E-state index contributed by atoms with van der Waals surface area (Å²) in [6, 6.07) is 5.38. The molecule has 1 saturated heterocycles. The number of benzene rings is 1. The first-order valence-electron chi connectivity index (χ1n) is 6.58. The third-order valence-corrected chi connectivity index (χ3v) is 3.93. The Morgan fingerprint density at radius 1 is 1.40 bits per heavy atom. The van der Waals surface area contributed by atoms with Crippen LogP contribution in [0, 0.1) is 0 Å². The van der Waals surface area contributed by atoms with Gasteiger partial charge in [0, 0.05) is 10.4 Å². The fourth-order valence-electron chi connectivity index (χ4n) is 2.73. The van der Waals surface area contributed by atoms with Crippen LogP contribution in [0.5, 0.6) is 0 Å². The Hall–Kier alpha value is -1.85. The van der Waals surface area contributed by atoms with E-state index in [1.54, 1.807) is 18.2 Å². The molecule has 3 aromatic rings. The summed E-state index contributed by atoms with van der Waals surface area (Å²) in [4.78, 5) is 19.5. The smallest absolute Gasteiger partial charge is 0.294 e. The van der Waals surface area contributed by atoms with E-state index in [0.717, 1.165) is 24.8 Å². The van der Waals surface area contributed by atoms with Crippen LogP contribution in [0.4, 0.5) is 0 Å². The third kappa shape index (κ3) is 1.74. The van der Waals surface area contributed by atoms with Crippen LogP contribution in [0.3, 0.4) is 0 Å². The van der Waals surface area contributed by atoms with E-state index >= 15 is 0 Å². The first kappa shape index (κ1) is 11.9. The van der Waals surface area contributed by atoms with Gasteiger partial charge in [-0.05, 0) is 37.6 Å². The maximum absolute atomic E-state index is 12.2. The van der Waals surface area contributed by atoms with E-state index < -0.39 is 0 Å². The Morgan fingerprint density at radius 3 is 3.10 bits per heavy atom. The van der Waals surface area contributed by atoms with E-state index in [-0.39, 0.29) is 17.2 Å². The summed E-state index contributed by atoms with van der Waals surface area (Å²) in [6.45, 7) is 0.949. The molecule has 6 heteroatoms. The van der Waals surface area contributed by atoms with Gasteiger partial charge in [-0.2, -0.15) is 0 Å². The van der Waals surface area contributed by atoms with Crippen molar-refractivity contribution in [3.63, 3.8) is 0 Å². The molecule has 4 rings (SSSR count). The zero-order chi connectivity index (χ0) is 13.7. The molecule has 1 aliphatic heterocycles. The second-order valence-corrected chi connectivity index (χ2v) is 5.46. The number of hydrogen-bond donors (Lipinski definition) is 2. The van der Waals surface area contributed by atoms with E-state index in [9.17, 15) is 4.79 Å². The van der Waals surface area contributed by atoms with Crippen molar-refractivity contribution in [1.29, 1.82) is 0 Å². The number of nitrogens with zero attached hydrogens (tertiary/aromatic N) is 1. The number of fused-ring (bicyclic) bond motifs is 3. The molecule has 0 saturated carbocycles. The topological polar surface area (TPSA) is 70.9 Å². The predicted octanol–water partition coefficient (Wildman–Crippen LogP) is 2.75. The highest BCUT2D eigenvalue weighted by Gasteiger charge is 2.21. The van der Waals surface area contributed by atoms with Crippen molar-refractivity contribution in [2.75, 3.05) is 6.54 Å². The Labute approximate surface area is 118 Å². The van der Waals surface area contributed by atoms with Crippen LogP contribution in [0.2, 0.25) is 5.02 Å². The third-order valence-electron chi connectivity index (χ3n) is 3.69. The van der Waals surface area contributed by atoms with Crippen molar-refractivity contribution >= 4 is 33.7 Å². The predicted molar refractivity (Wildman–Crippen MR) is 77.1 cm³/mol. The number of rotatable bonds is 1. The SMILES string of the molecule is O=c1[nH]c([C@H]2CCCN2)nc2c1oc1ccc(Cl)cc12. The standard InChI is InChI=1S/C14H12ClN3O2/c15-7-3-4-10-8(6-7)11-12(20-10)14(19)18-13(17-11)9-2-1-5-16-9/h3-4,6,9,16H,1-2,5H2,(H,17,18,19)/t9-/m1/s1. The van der Waals surface area contributed by atoms with E-state index in [2.05, 4.69) is 15.3 Å². The van der Waals surface area contributed by atoms with Gasteiger partial charge in [0.2, 0.25) is 5.58 Å². The molecule has 5 nitrogen and oxygen atoms in total. The van der Waals surface area contributed by atoms with Crippen LogP contribution in [0.1, 0.15) is 24.7 Å². The van der Waals surface area contributed by atoms with Gasteiger partial charge in [-0.3, -0.25) is 4.79 Å².